The van der Waals surface area contributed by atoms with Gasteiger partial charge in [0.05, 0.1) is 0 Å². The van der Waals surface area contributed by atoms with Crippen LogP contribution in [0.5, 0.6) is 0 Å². The lowest BCUT2D eigenvalue weighted by molar-refractivity contribution is 0.329. The van der Waals surface area contributed by atoms with E-state index in [1.807, 2.05) is 0 Å². The highest BCUT2D eigenvalue weighted by Gasteiger charge is 2.39. The standard InChI is InChI=1S/C11H25N3S4Si.3ClH/c12-2-1-3-13-4-8-15-19-16-9-5-14(6-10-17-19)7-11-18-19;;;/h13H,1-12H2;3*1H. The summed E-state index contributed by atoms with van der Waals surface area (Å²) in [6, 6.07) is 0. The van der Waals surface area contributed by atoms with Crippen molar-refractivity contribution in [3.05, 3.63) is 0 Å². The van der Waals surface area contributed by atoms with Gasteiger partial charge >= 0.3 is 4.67 Å². The second kappa shape index (κ2) is 15.6. The second-order valence-electron chi connectivity index (χ2n) is 4.63. The van der Waals surface area contributed by atoms with E-state index < -0.39 is 4.67 Å². The minimum Gasteiger partial charge on any atom is -0.330 e. The monoisotopic (exact) mass is 463 g/mol. The zero-order chi connectivity index (χ0) is 13.4. The molecule has 3 heterocycles. The maximum Gasteiger partial charge on any atom is 0.300 e. The first-order valence-electron chi connectivity index (χ1n) is 7.04. The molecule has 22 heavy (non-hydrogen) atoms. The third kappa shape index (κ3) is 9.75. The number of nitrogens with zero attached hydrogens (tertiary/aromatic N) is 1. The molecule has 11 heteroatoms. The fraction of sp³-hybridized carbons (Fsp3) is 1.00. The van der Waals surface area contributed by atoms with Crippen LogP contribution in [0, 0.1) is 0 Å². The second-order valence-corrected chi connectivity index (χ2v) is 23.9. The van der Waals surface area contributed by atoms with Gasteiger partial charge in [-0.1, -0.05) is 0 Å². The molecular weight excluding hydrogens is 437 g/mol. The lowest BCUT2D eigenvalue weighted by atomic mass is 10.4. The summed E-state index contributed by atoms with van der Waals surface area (Å²) in [6.45, 7) is 6.97. The Morgan fingerprint density at radius 2 is 1.50 bits per heavy atom. The Hall–Kier alpha value is 2.37. The smallest absolute Gasteiger partial charge is 0.300 e. The molecular formula is C11H28Cl3N3S4Si. The lowest BCUT2D eigenvalue weighted by Crippen LogP contribution is -2.40. The van der Waals surface area contributed by atoms with Crippen molar-refractivity contribution >= 4 is 86.7 Å². The summed E-state index contributed by atoms with van der Waals surface area (Å²) in [5, 5.41) is 3.51. The van der Waals surface area contributed by atoms with Gasteiger partial charge < -0.3 is 16.0 Å². The molecule has 0 aromatic heterocycles. The van der Waals surface area contributed by atoms with E-state index in [2.05, 4.69) is 55.1 Å². The molecule has 0 saturated carbocycles. The number of halogens is 3. The van der Waals surface area contributed by atoms with Gasteiger partial charge in [0.15, 0.2) is 0 Å². The van der Waals surface area contributed by atoms with E-state index in [-0.39, 0.29) is 37.2 Å². The van der Waals surface area contributed by atoms with Crippen molar-refractivity contribution in [3.8, 4) is 0 Å². The van der Waals surface area contributed by atoms with Crippen LogP contribution in [0.2, 0.25) is 0 Å². The first kappa shape index (κ1) is 26.6. The Morgan fingerprint density at radius 3 is 2.00 bits per heavy atom. The average Bonchev–Trinajstić information content (AvgIpc) is 2.34. The number of nitrogens with two attached hydrogens (primary N) is 1. The minimum absolute atomic E-state index is 0. The molecule has 136 valence electrons. The van der Waals surface area contributed by atoms with Crippen LogP contribution in [-0.2, 0) is 0 Å². The highest BCUT2D eigenvalue weighted by atomic mass is 35.5. The highest BCUT2D eigenvalue weighted by molar-refractivity contribution is 8.99. The fourth-order valence-electron chi connectivity index (χ4n) is 2.08. The van der Waals surface area contributed by atoms with Crippen molar-refractivity contribution in [1.29, 1.82) is 0 Å². The van der Waals surface area contributed by atoms with Gasteiger partial charge in [0, 0.05) is 49.2 Å². The van der Waals surface area contributed by atoms with E-state index in [1.54, 1.807) is 0 Å². The summed E-state index contributed by atoms with van der Waals surface area (Å²) in [4.78, 5) is 2.64. The third-order valence-electron chi connectivity index (χ3n) is 3.17. The number of nitrogens with one attached hydrogen (secondary N) is 1. The van der Waals surface area contributed by atoms with Crippen LogP contribution < -0.4 is 11.1 Å². The predicted molar refractivity (Wildman–Crippen MR) is 120 cm³/mol. The number of hydrogen-bond donors (Lipinski definition) is 2. The summed E-state index contributed by atoms with van der Waals surface area (Å²) < 4.78 is -1.22. The Kier molecular flexibility index (Phi) is 18.9. The van der Waals surface area contributed by atoms with Gasteiger partial charge in [-0.3, -0.25) is 0 Å². The molecule has 3 aliphatic heterocycles. The van der Waals surface area contributed by atoms with Crippen molar-refractivity contribution in [2.45, 2.75) is 6.42 Å². The van der Waals surface area contributed by atoms with Crippen molar-refractivity contribution in [2.24, 2.45) is 5.73 Å². The fourth-order valence-corrected chi connectivity index (χ4v) is 24.0. The summed E-state index contributed by atoms with van der Waals surface area (Å²) in [7, 11) is 0. The lowest BCUT2D eigenvalue weighted by Gasteiger charge is -2.37. The van der Waals surface area contributed by atoms with Crippen molar-refractivity contribution in [2.75, 3.05) is 62.3 Å². The molecule has 0 aromatic rings. The van der Waals surface area contributed by atoms with E-state index >= 15 is 0 Å². The quantitative estimate of drug-likeness (QED) is 0.443. The van der Waals surface area contributed by atoms with Gasteiger partial charge in [-0.2, -0.15) is 44.8 Å². The van der Waals surface area contributed by atoms with Crippen molar-refractivity contribution in [3.63, 3.8) is 0 Å². The van der Waals surface area contributed by atoms with E-state index in [9.17, 15) is 0 Å². The molecule has 3 saturated heterocycles. The Balaban J connectivity index is 0. The maximum absolute atomic E-state index is 5.51. The van der Waals surface area contributed by atoms with Crippen LogP contribution in [0.15, 0.2) is 0 Å². The van der Waals surface area contributed by atoms with Crippen molar-refractivity contribution < 1.29 is 0 Å². The summed E-state index contributed by atoms with van der Waals surface area (Å²) in [5.74, 6) is 5.31. The average molecular weight is 465 g/mol. The molecule has 0 radical (unpaired) electrons. The maximum atomic E-state index is 5.51. The van der Waals surface area contributed by atoms with Gasteiger partial charge in [0.25, 0.3) is 0 Å². The first-order chi connectivity index (χ1) is 9.35. The molecule has 2 bridgehead atoms. The largest absolute Gasteiger partial charge is 0.330 e. The summed E-state index contributed by atoms with van der Waals surface area (Å²) in [5.41, 5.74) is 5.51. The molecule has 3 nitrogen and oxygen atoms in total. The Morgan fingerprint density at radius 1 is 0.955 bits per heavy atom. The van der Waals surface area contributed by atoms with Gasteiger partial charge in [0.2, 0.25) is 0 Å². The van der Waals surface area contributed by atoms with Crippen LogP contribution in [0.1, 0.15) is 6.42 Å². The van der Waals surface area contributed by atoms with Gasteiger partial charge in [-0.15, -0.1) is 37.2 Å². The van der Waals surface area contributed by atoms with Crippen LogP contribution in [0.4, 0.5) is 0 Å². The zero-order valence-electron chi connectivity index (χ0n) is 12.7. The normalized spacial score (nSPS) is 27.4. The van der Waals surface area contributed by atoms with Crippen LogP contribution >= 0.6 is 82.1 Å². The molecule has 0 spiro atoms. The number of fused-ring (bicyclic) bond motifs is 6. The summed E-state index contributed by atoms with van der Waals surface area (Å²) in [6.07, 6.45) is 1.10. The predicted octanol–water partition coefficient (Wildman–Crippen LogP) is 2.89. The topological polar surface area (TPSA) is 41.3 Å². The van der Waals surface area contributed by atoms with Crippen molar-refractivity contribution in [1.82, 2.24) is 10.2 Å². The van der Waals surface area contributed by atoms with Crippen LogP contribution in [0.3, 0.4) is 0 Å². The van der Waals surface area contributed by atoms with Gasteiger partial charge in [-0.05, 0) is 19.5 Å². The molecule has 0 unspecified atom stereocenters. The molecule has 3 aliphatic rings. The molecule has 0 aliphatic carbocycles. The van der Waals surface area contributed by atoms with E-state index in [4.69, 9.17) is 5.73 Å². The minimum atomic E-state index is -1.22. The molecule has 3 rings (SSSR count). The first-order valence-corrected chi connectivity index (χ1v) is 15.9. The zero-order valence-corrected chi connectivity index (χ0v) is 19.4. The van der Waals surface area contributed by atoms with Crippen LogP contribution in [0.25, 0.3) is 0 Å². The number of rotatable bonds is 7. The molecule has 0 atom stereocenters. The van der Waals surface area contributed by atoms with Crippen LogP contribution in [-0.4, -0.2) is 71.9 Å². The van der Waals surface area contributed by atoms with Gasteiger partial charge in [0.1, 0.15) is 0 Å². The van der Waals surface area contributed by atoms with E-state index in [0.717, 1.165) is 26.1 Å². The Bertz CT molecular complexity index is 246. The summed E-state index contributed by atoms with van der Waals surface area (Å²) >= 11 is 9.21. The number of hydrogen-bond acceptors (Lipinski definition) is 7. The SMILES string of the molecule is Cl.Cl.Cl.NCCCNCCS[Si]12SCCN(CCS1)CCS2. The molecule has 3 N–H and O–H groups in total. The highest BCUT2D eigenvalue weighted by Crippen LogP contribution is 2.51. The van der Waals surface area contributed by atoms with E-state index in [1.165, 1.54) is 42.6 Å². The molecule has 0 amide bonds. The molecule has 0 aromatic carbocycles. The molecule has 3 fully saturated rings. The third-order valence-corrected chi connectivity index (χ3v) is 25.6. The van der Waals surface area contributed by atoms with Gasteiger partial charge in [-0.25, -0.2) is 0 Å². The van der Waals surface area contributed by atoms with E-state index in [0.29, 0.717) is 0 Å². The Labute approximate surface area is 170 Å².